The van der Waals surface area contributed by atoms with Crippen molar-refractivity contribution in [3.05, 3.63) is 18.2 Å². The van der Waals surface area contributed by atoms with Crippen LogP contribution in [-0.4, -0.2) is 18.4 Å². The normalized spacial score (nSPS) is 22.8. The predicted octanol–water partition coefficient (Wildman–Crippen LogP) is 2.88. The molecule has 1 aliphatic rings. The summed E-state index contributed by atoms with van der Waals surface area (Å²) in [5.41, 5.74) is 1.05. The molecule has 0 aromatic heterocycles. The van der Waals surface area contributed by atoms with E-state index in [1.807, 2.05) is 12.1 Å². The Labute approximate surface area is 99.8 Å². The molecule has 0 fully saturated rings. The Hall–Kier alpha value is -1.34. The van der Waals surface area contributed by atoms with Gasteiger partial charge >= 0.3 is 0 Å². The minimum Gasteiger partial charge on any atom is -0.495 e. The van der Waals surface area contributed by atoms with Crippen LogP contribution in [0.25, 0.3) is 0 Å². The molecular weight excluding hydrogens is 220 g/mol. The molecule has 84 valence electrons. The first-order valence-electron chi connectivity index (χ1n) is 5.23. The van der Waals surface area contributed by atoms with E-state index in [1.54, 1.807) is 18.9 Å². The molecule has 1 aromatic carbocycles. The minimum absolute atomic E-state index is 0.286. The third kappa shape index (κ3) is 1.96. The van der Waals surface area contributed by atoms with Crippen LogP contribution < -0.4 is 10.1 Å². The number of methoxy groups -OCH3 is 1. The monoisotopic (exact) mass is 234 g/mol. The highest BCUT2D eigenvalue weighted by Crippen LogP contribution is 2.43. The molecule has 4 heteroatoms. The largest absolute Gasteiger partial charge is 0.495 e. The molecule has 1 N–H and O–H groups in total. The van der Waals surface area contributed by atoms with Crippen molar-refractivity contribution < 1.29 is 4.74 Å². The van der Waals surface area contributed by atoms with E-state index in [0.717, 1.165) is 16.3 Å². The molecule has 0 radical (unpaired) electrons. The van der Waals surface area contributed by atoms with Crippen molar-refractivity contribution >= 4 is 17.4 Å². The van der Waals surface area contributed by atoms with E-state index in [4.69, 9.17) is 10.00 Å². The van der Waals surface area contributed by atoms with E-state index < -0.39 is 0 Å². The van der Waals surface area contributed by atoms with E-state index in [2.05, 4.69) is 24.4 Å². The third-order valence-electron chi connectivity index (χ3n) is 2.71. The van der Waals surface area contributed by atoms with Crippen LogP contribution in [0, 0.1) is 11.3 Å². The van der Waals surface area contributed by atoms with E-state index in [1.165, 1.54) is 0 Å². The van der Waals surface area contributed by atoms with Gasteiger partial charge in [0.1, 0.15) is 5.75 Å². The average Bonchev–Trinajstić information content (AvgIpc) is 2.30. The van der Waals surface area contributed by atoms with Crippen LogP contribution in [0.15, 0.2) is 23.1 Å². The molecule has 16 heavy (non-hydrogen) atoms. The molecule has 0 bridgehead atoms. The van der Waals surface area contributed by atoms with Gasteiger partial charge in [0.2, 0.25) is 0 Å². The number of benzene rings is 1. The number of fused-ring (bicyclic) bond motifs is 1. The predicted molar refractivity (Wildman–Crippen MR) is 66.0 cm³/mol. The fourth-order valence-electron chi connectivity index (χ4n) is 1.82. The summed E-state index contributed by atoms with van der Waals surface area (Å²) < 4.78 is 5.32. The Kier molecular flexibility index (Phi) is 3.25. The molecule has 0 aliphatic carbocycles. The summed E-state index contributed by atoms with van der Waals surface area (Å²) >= 11 is 1.75. The number of hydrogen-bond acceptors (Lipinski definition) is 4. The number of thioether (sulfide) groups is 1. The summed E-state index contributed by atoms with van der Waals surface area (Å²) in [5.74, 6) is 0.868. The van der Waals surface area contributed by atoms with Crippen molar-refractivity contribution in [1.82, 2.24) is 0 Å². The molecule has 0 saturated carbocycles. The lowest BCUT2D eigenvalue weighted by molar-refractivity contribution is 0.414. The maximum Gasteiger partial charge on any atom is 0.143 e. The summed E-state index contributed by atoms with van der Waals surface area (Å²) in [7, 11) is 1.67. The number of nitriles is 1. The fraction of sp³-hybridized carbons (Fsp3) is 0.417. The lowest BCUT2D eigenvalue weighted by Crippen LogP contribution is -2.31. The lowest BCUT2D eigenvalue weighted by Gasteiger charge is -2.31. The summed E-state index contributed by atoms with van der Waals surface area (Å²) in [6, 6.07) is 8.51. The van der Waals surface area contributed by atoms with Crippen LogP contribution >= 0.6 is 11.8 Å². The van der Waals surface area contributed by atoms with Crippen molar-refractivity contribution in [1.29, 1.82) is 5.26 Å². The molecule has 2 unspecified atom stereocenters. The molecule has 1 aliphatic heterocycles. The van der Waals surface area contributed by atoms with Gasteiger partial charge in [0.05, 0.1) is 18.9 Å². The van der Waals surface area contributed by atoms with Gasteiger partial charge in [0, 0.05) is 22.6 Å². The number of anilines is 1. The van der Waals surface area contributed by atoms with Crippen LogP contribution in [0.5, 0.6) is 5.75 Å². The van der Waals surface area contributed by atoms with Crippen molar-refractivity contribution in [2.45, 2.75) is 29.5 Å². The quantitative estimate of drug-likeness (QED) is 0.854. The zero-order chi connectivity index (χ0) is 11.5. The second-order valence-electron chi connectivity index (χ2n) is 3.78. The fourth-order valence-corrected chi connectivity index (χ4v) is 3.01. The van der Waals surface area contributed by atoms with Gasteiger partial charge in [-0.1, -0.05) is 6.07 Å². The molecule has 1 heterocycles. The average molecular weight is 234 g/mol. The van der Waals surface area contributed by atoms with Crippen molar-refractivity contribution in [3.63, 3.8) is 0 Å². The molecule has 0 spiro atoms. The summed E-state index contributed by atoms with van der Waals surface area (Å²) in [6.45, 7) is 2.10. The van der Waals surface area contributed by atoms with E-state index >= 15 is 0 Å². The molecule has 0 saturated heterocycles. The van der Waals surface area contributed by atoms with Gasteiger partial charge in [-0.15, -0.1) is 11.8 Å². The summed E-state index contributed by atoms with van der Waals surface area (Å²) in [4.78, 5) is 1.16. The Balaban J connectivity index is 2.31. The number of nitrogens with one attached hydrogen (secondary N) is 1. The molecule has 0 amide bonds. The SMILES string of the molecule is COc1cccc2c1NC(C)C(CC#N)S2. The van der Waals surface area contributed by atoms with E-state index in [-0.39, 0.29) is 6.04 Å². The first-order valence-corrected chi connectivity index (χ1v) is 6.11. The number of rotatable bonds is 2. The van der Waals surface area contributed by atoms with Crippen LogP contribution in [0.4, 0.5) is 5.69 Å². The molecule has 2 rings (SSSR count). The van der Waals surface area contributed by atoms with Crippen molar-refractivity contribution in [3.8, 4) is 11.8 Å². The number of ether oxygens (including phenoxy) is 1. The van der Waals surface area contributed by atoms with Gasteiger partial charge in [0.15, 0.2) is 0 Å². The highest BCUT2D eigenvalue weighted by molar-refractivity contribution is 8.00. The van der Waals surface area contributed by atoms with E-state index in [0.29, 0.717) is 11.7 Å². The maximum atomic E-state index is 8.77. The van der Waals surface area contributed by atoms with E-state index in [9.17, 15) is 0 Å². The molecule has 3 nitrogen and oxygen atoms in total. The molecular formula is C12H14N2OS. The van der Waals surface area contributed by atoms with Crippen LogP contribution in [0.3, 0.4) is 0 Å². The highest BCUT2D eigenvalue weighted by Gasteiger charge is 2.27. The summed E-state index contributed by atoms with van der Waals surface area (Å²) in [6.07, 6.45) is 0.565. The Morgan fingerprint density at radius 2 is 2.38 bits per heavy atom. The van der Waals surface area contributed by atoms with Gasteiger partial charge in [-0.05, 0) is 19.1 Å². The third-order valence-corrected chi connectivity index (χ3v) is 4.18. The van der Waals surface area contributed by atoms with Crippen molar-refractivity contribution in [2.24, 2.45) is 0 Å². The number of para-hydroxylation sites is 1. The summed E-state index contributed by atoms with van der Waals surface area (Å²) in [5, 5.41) is 12.5. The first kappa shape index (κ1) is 11.2. The topological polar surface area (TPSA) is 45.0 Å². The number of hydrogen-bond donors (Lipinski definition) is 1. The first-order chi connectivity index (χ1) is 7.76. The number of nitrogens with zero attached hydrogens (tertiary/aromatic N) is 1. The zero-order valence-electron chi connectivity index (χ0n) is 9.36. The Morgan fingerprint density at radius 1 is 1.56 bits per heavy atom. The second-order valence-corrected chi connectivity index (χ2v) is 5.07. The van der Waals surface area contributed by atoms with Gasteiger partial charge in [0.25, 0.3) is 0 Å². The molecule has 2 atom stereocenters. The highest BCUT2D eigenvalue weighted by atomic mass is 32.2. The molecule has 1 aromatic rings. The Bertz CT molecular complexity index is 428. The minimum atomic E-state index is 0.286. The standard InChI is InChI=1S/C12H14N2OS/c1-8-10(6-7-13)16-11-5-3-4-9(15-2)12(11)14-8/h3-5,8,10,14H,6H2,1-2H3. The lowest BCUT2D eigenvalue weighted by atomic mass is 10.1. The van der Waals surface area contributed by atoms with Crippen LogP contribution in [0.2, 0.25) is 0 Å². The van der Waals surface area contributed by atoms with Crippen LogP contribution in [-0.2, 0) is 0 Å². The van der Waals surface area contributed by atoms with Gasteiger partial charge in [-0.2, -0.15) is 5.26 Å². The van der Waals surface area contributed by atoms with Crippen molar-refractivity contribution in [2.75, 3.05) is 12.4 Å². The van der Waals surface area contributed by atoms with Gasteiger partial charge in [-0.3, -0.25) is 0 Å². The maximum absolute atomic E-state index is 8.77. The van der Waals surface area contributed by atoms with Gasteiger partial charge < -0.3 is 10.1 Å². The Morgan fingerprint density at radius 3 is 3.06 bits per heavy atom. The second kappa shape index (κ2) is 4.67. The van der Waals surface area contributed by atoms with Crippen LogP contribution in [0.1, 0.15) is 13.3 Å². The zero-order valence-corrected chi connectivity index (χ0v) is 10.2. The van der Waals surface area contributed by atoms with Gasteiger partial charge in [-0.25, -0.2) is 0 Å². The smallest absolute Gasteiger partial charge is 0.143 e.